The lowest BCUT2D eigenvalue weighted by atomic mass is 9.77. The van der Waals surface area contributed by atoms with E-state index in [1.165, 1.54) is 49.0 Å². The number of benzene rings is 2. The van der Waals surface area contributed by atoms with Gasteiger partial charge in [-0.25, -0.2) is 4.79 Å². The van der Waals surface area contributed by atoms with E-state index < -0.39 is 24.7 Å². The van der Waals surface area contributed by atoms with Gasteiger partial charge in [-0.1, -0.05) is 44.0 Å². The molecule has 3 N–H and O–H groups in total. The van der Waals surface area contributed by atoms with Crippen molar-refractivity contribution < 1.29 is 24.2 Å². The van der Waals surface area contributed by atoms with Crippen molar-refractivity contribution in [3.63, 3.8) is 0 Å². The Bertz CT molecular complexity index is 1080. The first kappa shape index (κ1) is 25.5. The SMILES string of the molecule is CCCC1CCC(c2ccc(OCC3CN(c4cccc(C(N)=NCC(=O)O)c4)C(=O)O3)cc2)CC1. The van der Waals surface area contributed by atoms with Crippen molar-refractivity contribution in [1.82, 2.24) is 0 Å². The summed E-state index contributed by atoms with van der Waals surface area (Å²) >= 11 is 0. The molecule has 0 spiro atoms. The molecule has 0 aromatic heterocycles. The summed E-state index contributed by atoms with van der Waals surface area (Å²) in [5.41, 5.74) is 8.41. The second kappa shape index (κ2) is 11.9. The van der Waals surface area contributed by atoms with Crippen LogP contribution in [0.2, 0.25) is 0 Å². The summed E-state index contributed by atoms with van der Waals surface area (Å²) < 4.78 is 11.4. The first-order valence-electron chi connectivity index (χ1n) is 12.8. The highest BCUT2D eigenvalue weighted by Crippen LogP contribution is 2.37. The number of hydrogen-bond acceptors (Lipinski definition) is 5. The van der Waals surface area contributed by atoms with E-state index in [1.807, 2.05) is 12.1 Å². The van der Waals surface area contributed by atoms with Gasteiger partial charge in [0.05, 0.1) is 6.54 Å². The zero-order chi connectivity index (χ0) is 25.5. The molecule has 2 aliphatic rings. The summed E-state index contributed by atoms with van der Waals surface area (Å²) in [4.78, 5) is 28.6. The van der Waals surface area contributed by atoms with Gasteiger partial charge < -0.3 is 20.3 Å². The van der Waals surface area contributed by atoms with Crippen LogP contribution < -0.4 is 15.4 Å². The molecule has 2 aromatic carbocycles. The van der Waals surface area contributed by atoms with Gasteiger partial charge in [0.2, 0.25) is 0 Å². The molecule has 192 valence electrons. The van der Waals surface area contributed by atoms with Gasteiger partial charge in [0, 0.05) is 11.3 Å². The highest BCUT2D eigenvalue weighted by Gasteiger charge is 2.33. The highest BCUT2D eigenvalue weighted by atomic mass is 16.6. The lowest BCUT2D eigenvalue weighted by Crippen LogP contribution is -2.27. The summed E-state index contributed by atoms with van der Waals surface area (Å²) in [5, 5.41) is 8.79. The van der Waals surface area contributed by atoms with Crippen molar-refractivity contribution in [3.8, 4) is 5.75 Å². The summed E-state index contributed by atoms with van der Waals surface area (Å²) in [6.45, 7) is 2.45. The van der Waals surface area contributed by atoms with E-state index in [2.05, 4.69) is 24.0 Å². The molecule has 1 atom stereocenters. The van der Waals surface area contributed by atoms with Gasteiger partial charge >= 0.3 is 12.1 Å². The van der Waals surface area contributed by atoms with Crippen LogP contribution in [0.3, 0.4) is 0 Å². The normalized spacial score (nSPS) is 22.4. The molecule has 1 amide bonds. The highest BCUT2D eigenvalue weighted by molar-refractivity contribution is 6.00. The minimum atomic E-state index is -1.07. The van der Waals surface area contributed by atoms with Crippen LogP contribution in [-0.4, -0.2) is 48.8 Å². The zero-order valence-corrected chi connectivity index (χ0v) is 20.8. The molecule has 1 aliphatic carbocycles. The summed E-state index contributed by atoms with van der Waals surface area (Å²) in [5.74, 6) is 1.33. The van der Waals surface area contributed by atoms with Gasteiger partial charge in [-0.05, 0) is 67.3 Å². The Labute approximate surface area is 212 Å². The number of carboxylic acids is 1. The van der Waals surface area contributed by atoms with Gasteiger partial charge in [0.25, 0.3) is 0 Å². The average molecular weight is 494 g/mol. The molecule has 2 aromatic rings. The number of rotatable bonds is 10. The molecule has 2 fully saturated rings. The number of aliphatic carboxylic acids is 1. The molecule has 1 saturated heterocycles. The van der Waals surface area contributed by atoms with Crippen LogP contribution in [0.5, 0.6) is 5.75 Å². The second-order valence-electron chi connectivity index (χ2n) is 9.65. The molecule has 36 heavy (non-hydrogen) atoms. The van der Waals surface area contributed by atoms with Crippen molar-refractivity contribution >= 4 is 23.6 Å². The van der Waals surface area contributed by atoms with Gasteiger partial charge in [0.1, 0.15) is 24.7 Å². The second-order valence-corrected chi connectivity index (χ2v) is 9.65. The average Bonchev–Trinajstić information content (AvgIpc) is 3.27. The Hall–Kier alpha value is -3.55. The summed E-state index contributed by atoms with van der Waals surface area (Å²) in [7, 11) is 0. The van der Waals surface area contributed by atoms with Crippen molar-refractivity contribution in [2.75, 3.05) is 24.6 Å². The molecule has 1 saturated carbocycles. The van der Waals surface area contributed by atoms with E-state index in [0.29, 0.717) is 23.7 Å². The van der Waals surface area contributed by atoms with E-state index in [-0.39, 0.29) is 12.4 Å². The van der Waals surface area contributed by atoms with Gasteiger partial charge in [-0.15, -0.1) is 0 Å². The number of carbonyl (C=O) groups is 2. The summed E-state index contributed by atoms with van der Waals surface area (Å²) in [6.07, 6.45) is 6.93. The van der Waals surface area contributed by atoms with Gasteiger partial charge in [-0.3, -0.25) is 14.7 Å². The standard InChI is InChI=1S/C28H35N3O5/c1-2-4-19-7-9-20(10-8-19)21-11-13-24(14-12-21)35-18-25-17-31(28(34)36-25)23-6-3-5-22(15-23)27(29)30-16-26(32)33/h3,5-6,11-15,19-20,25H,2,4,7-10,16-18H2,1H3,(H2,29,30)(H,32,33). The van der Waals surface area contributed by atoms with Gasteiger partial charge in [0.15, 0.2) is 6.10 Å². The Morgan fingerprint density at radius 2 is 1.92 bits per heavy atom. The number of carboxylic acid groups (broad SMARTS) is 1. The fourth-order valence-corrected chi connectivity index (χ4v) is 5.11. The quantitative estimate of drug-likeness (QED) is 0.357. The van der Waals surface area contributed by atoms with Crippen LogP contribution in [0.1, 0.15) is 62.5 Å². The molecule has 1 unspecified atom stereocenters. The molecule has 0 bridgehead atoms. The van der Waals surface area contributed by atoms with Crippen molar-refractivity contribution in [1.29, 1.82) is 0 Å². The predicted molar refractivity (Wildman–Crippen MR) is 139 cm³/mol. The van der Waals surface area contributed by atoms with Crippen LogP contribution in [0, 0.1) is 5.92 Å². The zero-order valence-electron chi connectivity index (χ0n) is 20.8. The van der Waals surface area contributed by atoms with Crippen molar-refractivity contribution in [2.24, 2.45) is 16.6 Å². The number of hydrogen-bond donors (Lipinski definition) is 2. The Kier molecular flexibility index (Phi) is 8.46. The number of carbonyl (C=O) groups excluding carboxylic acids is 1. The van der Waals surface area contributed by atoms with E-state index in [4.69, 9.17) is 20.3 Å². The van der Waals surface area contributed by atoms with E-state index in [1.54, 1.807) is 24.3 Å². The minimum Gasteiger partial charge on any atom is -0.490 e. The van der Waals surface area contributed by atoms with Crippen LogP contribution in [0.15, 0.2) is 53.5 Å². The third-order valence-electron chi connectivity index (χ3n) is 7.04. The number of aliphatic imine (C=N–C) groups is 1. The molecule has 0 radical (unpaired) electrons. The molecule has 4 rings (SSSR count). The number of amides is 1. The smallest absolute Gasteiger partial charge is 0.414 e. The fraction of sp³-hybridized carbons (Fsp3) is 0.464. The summed E-state index contributed by atoms with van der Waals surface area (Å²) in [6, 6.07) is 15.3. The third-order valence-corrected chi connectivity index (χ3v) is 7.04. The number of cyclic esters (lactones) is 1. The third kappa shape index (κ3) is 6.56. The molecule has 1 heterocycles. The van der Waals surface area contributed by atoms with E-state index in [0.717, 1.165) is 11.7 Å². The number of nitrogens with zero attached hydrogens (tertiary/aromatic N) is 2. The minimum absolute atomic E-state index is 0.101. The molecule has 8 heteroatoms. The molecule has 1 aliphatic heterocycles. The first-order chi connectivity index (χ1) is 17.4. The first-order valence-corrected chi connectivity index (χ1v) is 12.8. The van der Waals surface area contributed by atoms with Crippen LogP contribution in [-0.2, 0) is 9.53 Å². The molecule has 8 nitrogen and oxygen atoms in total. The number of anilines is 1. The van der Waals surface area contributed by atoms with Crippen LogP contribution in [0.25, 0.3) is 0 Å². The Morgan fingerprint density at radius 1 is 1.17 bits per heavy atom. The lowest BCUT2D eigenvalue weighted by molar-refractivity contribution is -0.135. The number of nitrogens with two attached hydrogens (primary N) is 1. The maximum absolute atomic E-state index is 12.5. The monoisotopic (exact) mass is 493 g/mol. The predicted octanol–water partition coefficient (Wildman–Crippen LogP) is 4.95. The van der Waals surface area contributed by atoms with Crippen LogP contribution in [0.4, 0.5) is 10.5 Å². The van der Waals surface area contributed by atoms with Crippen LogP contribution >= 0.6 is 0 Å². The van der Waals surface area contributed by atoms with E-state index >= 15 is 0 Å². The van der Waals surface area contributed by atoms with Crippen molar-refractivity contribution in [3.05, 3.63) is 59.7 Å². The lowest BCUT2D eigenvalue weighted by Gasteiger charge is -2.28. The Balaban J connectivity index is 1.29. The van der Waals surface area contributed by atoms with Gasteiger partial charge in [-0.2, -0.15) is 0 Å². The Morgan fingerprint density at radius 3 is 2.61 bits per heavy atom. The fourth-order valence-electron chi connectivity index (χ4n) is 5.11. The largest absolute Gasteiger partial charge is 0.490 e. The van der Waals surface area contributed by atoms with E-state index in [9.17, 15) is 9.59 Å². The molecular weight excluding hydrogens is 458 g/mol. The maximum atomic E-state index is 12.5. The number of ether oxygens (including phenoxy) is 2. The molecular formula is C28H35N3O5. The maximum Gasteiger partial charge on any atom is 0.414 e. The topological polar surface area (TPSA) is 114 Å². The number of amidine groups is 1. The van der Waals surface area contributed by atoms with Crippen molar-refractivity contribution in [2.45, 2.75) is 57.5 Å².